The number of rotatable bonds is 2. The fraction of sp³-hybridized carbons (Fsp3) is 0.450. The van der Waals surface area contributed by atoms with Gasteiger partial charge in [0.25, 0.3) is 0 Å². The van der Waals surface area contributed by atoms with Crippen molar-refractivity contribution in [3.05, 3.63) is 53.2 Å². The maximum atomic E-state index is 14.7. The van der Waals surface area contributed by atoms with Crippen LogP contribution in [0.25, 0.3) is 11.3 Å². The molecule has 0 aliphatic carbocycles. The SMILES string of the molecule is CCC1(C)c2cc(F)cc(F)c2-c2cc(C)cc[n+]2C1(C)CC. The number of hydrogen-bond acceptors (Lipinski definition) is 0. The largest absolute Gasteiger partial charge is 0.216 e. The number of halogens is 2. The molecule has 1 nitrogen and oxygen atoms in total. The molecule has 2 atom stereocenters. The first-order valence-electron chi connectivity index (χ1n) is 8.31. The van der Waals surface area contributed by atoms with Crippen LogP contribution in [0, 0.1) is 18.6 Å². The average Bonchev–Trinajstić information content (AvgIpc) is 2.51. The van der Waals surface area contributed by atoms with Gasteiger partial charge < -0.3 is 0 Å². The predicted molar refractivity (Wildman–Crippen MR) is 88.3 cm³/mol. The van der Waals surface area contributed by atoms with Crippen LogP contribution in [0.15, 0.2) is 30.5 Å². The van der Waals surface area contributed by atoms with Crippen molar-refractivity contribution in [2.75, 3.05) is 0 Å². The maximum absolute atomic E-state index is 14.7. The summed E-state index contributed by atoms with van der Waals surface area (Å²) in [5.41, 5.74) is 2.67. The second kappa shape index (κ2) is 5.12. The Balaban J connectivity index is 2.50. The minimum Gasteiger partial charge on any atom is -0.207 e. The Hall–Kier alpha value is -1.77. The third-order valence-electron chi connectivity index (χ3n) is 6.13. The molecule has 1 aliphatic heterocycles. The standard InChI is InChI=1S/C20H24F2N/c1-6-19(4)15-11-14(21)12-16(22)18(15)17-10-13(3)8-9-23(17)20(19,5)7-2/h8-12H,6-7H2,1-5H3/q+1. The van der Waals surface area contributed by atoms with E-state index in [9.17, 15) is 8.78 Å². The molecule has 0 bridgehead atoms. The highest BCUT2D eigenvalue weighted by molar-refractivity contribution is 5.66. The van der Waals surface area contributed by atoms with Gasteiger partial charge in [-0.2, -0.15) is 4.57 Å². The van der Waals surface area contributed by atoms with E-state index in [1.165, 1.54) is 6.07 Å². The van der Waals surface area contributed by atoms with E-state index in [1.807, 2.05) is 19.2 Å². The molecule has 122 valence electrons. The van der Waals surface area contributed by atoms with Gasteiger partial charge in [0.05, 0.1) is 11.0 Å². The Labute approximate surface area is 137 Å². The Morgan fingerprint density at radius 2 is 1.74 bits per heavy atom. The van der Waals surface area contributed by atoms with Gasteiger partial charge in [0.1, 0.15) is 11.6 Å². The van der Waals surface area contributed by atoms with Crippen LogP contribution in [0.3, 0.4) is 0 Å². The second-order valence-electron chi connectivity index (χ2n) is 7.08. The van der Waals surface area contributed by atoms with E-state index < -0.39 is 11.6 Å². The zero-order valence-corrected chi connectivity index (χ0v) is 14.5. The van der Waals surface area contributed by atoms with Crippen molar-refractivity contribution in [3.63, 3.8) is 0 Å². The molecular weight excluding hydrogens is 292 g/mol. The van der Waals surface area contributed by atoms with Crippen molar-refractivity contribution in [2.24, 2.45) is 0 Å². The Bertz CT molecular complexity index is 783. The third-order valence-corrected chi connectivity index (χ3v) is 6.13. The molecule has 0 fully saturated rings. The van der Waals surface area contributed by atoms with Crippen LogP contribution in [-0.2, 0) is 11.0 Å². The van der Waals surface area contributed by atoms with Gasteiger partial charge in [-0.3, -0.25) is 0 Å². The summed E-state index contributed by atoms with van der Waals surface area (Å²) in [7, 11) is 0. The van der Waals surface area contributed by atoms with Crippen LogP contribution < -0.4 is 4.57 Å². The summed E-state index contributed by atoms with van der Waals surface area (Å²) in [6.45, 7) is 10.6. The monoisotopic (exact) mass is 316 g/mol. The maximum Gasteiger partial charge on any atom is 0.216 e. The lowest BCUT2D eigenvalue weighted by Gasteiger charge is -2.46. The van der Waals surface area contributed by atoms with Gasteiger partial charge in [0, 0.05) is 31.5 Å². The average molecular weight is 316 g/mol. The second-order valence-corrected chi connectivity index (χ2v) is 7.08. The van der Waals surface area contributed by atoms with E-state index in [0.717, 1.165) is 35.7 Å². The first kappa shape index (κ1) is 16.1. The van der Waals surface area contributed by atoms with E-state index in [4.69, 9.17) is 0 Å². The molecular formula is C20H24F2N+. The smallest absolute Gasteiger partial charge is 0.207 e. The molecule has 3 rings (SSSR count). The van der Waals surface area contributed by atoms with Gasteiger partial charge in [0.2, 0.25) is 5.69 Å². The molecule has 3 heteroatoms. The fourth-order valence-corrected chi connectivity index (χ4v) is 4.19. The summed E-state index contributed by atoms with van der Waals surface area (Å²) in [5, 5.41) is 0. The summed E-state index contributed by atoms with van der Waals surface area (Å²) in [6, 6.07) is 6.58. The number of benzene rings is 1. The summed E-state index contributed by atoms with van der Waals surface area (Å²) in [4.78, 5) is 0. The van der Waals surface area contributed by atoms with E-state index in [2.05, 4.69) is 38.3 Å². The van der Waals surface area contributed by atoms with Gasteiger partial charge in [-0.05, 0) is 37.5 Å². The molecule has 0 N–H and O–H groups in total. The first-order valence-corrected chi connectivity index (χ1v) is 8.31. The van der Waals surface area contributed by atoms with E-state index >= 15 is 0 Å². The fourth-order valence-electron chi connectivity index (χ4n) is 4.19. The molecule has 1 aromatic carbocycles. The summed E-state index contributed by atoms with van der Waals surface area (Å²) in [6.07, 6.45) is 3.75. The zero-order valence-electron chi connectivity index (χ0n) is 14.5. The Morgan fingerprint density at radius 1 is 1.04 bits per heavy atom. The topological polar surface area (TPSA) is 3.88 Å². The first-order chi connectivity index (χ1) is 10.8. The molecule has 2 unspecified atom stereocenters. The predicted octanol–water partition coefficient (Wildman–Crippen LogP) is 5.03. The molecule has 1 aromatic heterocycles. The van der Waals surface area contributed by atoms with E-state index in [-0.39, 0.29) is 11.0 Å². The molecule has 0 saturated carbocycles. The van der Waals surface area contributed by atoms with Gasteiger partial charge in [-0.15, -0.1) is 0 Å². The van der Waals surface area contributed by atoms with Gasteiger partial charge in [-0.25, -0.2) is 8.78 Å². The molecule has 0 radical (unpaired) electrons. The van der Waals surface area contributed by atoms with Crippen molar-refractivity contribution >= 4 is 0 Å². The number of aryl methyl sites for hydroxylation is 1. The summed E-state index contributed by atoms with van der Waals surface area (Å²) in [5.74, 6) is -0.974. The van der Waals surface area contributed by atoms with E-state index in [1.54, 1.807) is 0 Å². The van der Waals surface area contributed by atoms with Crippen LogP contribution >= 0.6 is 0 Å². The molecule has 2 heterocycles. The highest BCUT2D eigenvalue weighted by Gasteiger charge is 2.57. The summed E-state index contributed by atoms with van der Waals surface area (Å²) < 4.78 is 30.9. The van der Waals surface area contributed by atoms with Crippen molar-refractivity contribution < 1.29 is 13.3 Å². The molecule has 1 aliphatic rings. The van der Waals surface area contributed by atoms with Crippen LogP contribution in [-0.4, -0.2) is 0 Å². The van der Waals surface area contributed by atoms with Crippen LogP contribution in [0.5, 0.6) is 0 Å². The van der Waals surface area contributed by atoms with Crippen LogP contribution in [0.2, 0.25) is 0 Å². The van der Waals surface area contributed by atoms with Crippen molar-refractivity contribution in [1.82, 2.24) is 0 Å². The normalized spacial score (nSPS) is 25.9. The lowest BCUT2D eigenvalue weighted by molar-refractivity contribution is -0.765. The minimum absolute atomic E-state index is 0.238. The number of nitrogens with zero attached hydrogens (tertiary/aromatic N) is 1. The Kier molecular flexibility index (Phi) is 3.58. The number of aromatic nitrogens is 1. The third kappa shape index (κ3) is 1.98. The van der Waals surface area contributed by atoms with Gasteiger partial charge >= 0.3 is 0 Å². The molecule has 0 saturated heterocycles. The summed E-state index contributed by atoms with van der Waals surface area (Å²) >= 11 is 0. The zero-order chi connectivity index (χ0) is 17.0. The quantitative estimate of drug-likeness (QED) is 0.684. The Morgan fingerprint density at radius 3 is 2.35 bits per heavy atom. The minimum atomic E-state index is -0.500. The van der Waals surface area contributed by atoms with Crippen molar-refractivity contribution in [1.29, 1.82) is 0 Å². The molecule has 0 spiro atoms. The van der Waals surface area contributed by atoms with Crippen LogP contribution in [0.4, 0.5) is 8.78 Å². The molecule has 23 heavy (non-hydrogen) atoms. The lowest BCUT2D eigenvalue weighted by atomic mass is 9.60. The van der Waals surface area contributed by atoms with Gasteiger partial charge in [0.15, 0.2) is 11.7 Å². The highest BCUT2D eigenvalue weighted by atomic mass is 19.1. The van der Waals surface area contributed by atoms with Crippen LogP contribution in [0.1, 0.15) is 51.7 Å². The van der Waals surface area contributed by atoms with Crippen molar-refractivity contribution in [2.45, 2.75) is 58.4 Å². The molecule has 2 aromatic rings. The number of fused-ring (bicyclic) bond motifs is 3. The van der Waals surface area contributed by atoms with Gasteiger partial charge in [-0.1, -0.05) is 13.8 Å². The van der Waals surface area contributed by atoms with Crippen molar-refractivity contribution in [3.8, 4) is 11.3 Å². The number of pyridine rings is 1. The highest BCUT2D eigenvalue weighted by Crippen LogP contribution is 2.50. The lowest BCUT2D eigenvalue weighted by Crippen LogP contribution is -2.67. The number of hydrogen-bond donors (Lipinski definition) is 0. The molecule has 0 amide bonds. The van der Waals surface area contributed by atoms with E-state index in [0.29, 0.717) is 5.56 Å².